The van der Waals surface area contributed by atoms with Crippen molar-refractivity contribution in [2.75, 3.05) is 18.1 Å². The highest BCUT2D eigenvalue weighted by Gasteiger charge is 2.37. The number of nitrogens with zero attached hydrogens (tertiary/aromatic N) is 5. The number of primary amides is 1. The predicted molar refractivity (Wildman–Crippen MR) is 205 cm³/mol. The largest absolute Gasteiger partial charge is 0.494 e. The molecule has 2 N–H and O–H groups in total. The standard InChI is InChI=1S/C40H40Cl2N6O3/c1-20-13-26-17-32(39(43)49)46(7)36(26)31(14-20)47-18-23(4)48-37-29(10-11-30(41)34(37)33-24(5)44-19-45-25(33)6)28(38(48)40(47)50)9-8-12-51-27-15-21(2)35(42)22(3)16-27/h10-11,13-17,19,23H,8-9,12,18H2,1-7H3,(H2,43,49). The summed E-state index contributed by atoms with van der Waals surface area (Å²) in [7, 11) is 1.81. The Hall–Kier alpha value is -4.86. The van der Waals surface area contributed by atoms with Crippen molar-refractivity contribution in [2.45, 2.75) is 60.4 Å². The van der Waals surface area contributed by atoms with E-state index >= 15 is 4.79 Å². The Morgan fingerprint density at radius 1 is 0.961 bits per heavy atom. The monoisotopic (exact) mass is 722 g/mol. The number of anilines is 1. The highest BCUT2D eigenvalue weighted by atomic mass is 35.5. The molecule has 9 nitrogen and oxygen atoms in total. The lowest BCUT2D eigenvalue weighted by Crippen LogP contribution is -2.43. The Bertz CT molecular complexity index is 2380. The molecule has 11 heteroatoms. The van der Waals surface area contributed by atoms with Crippen molar-refractivity contribution in [2.24, 2.45) is 12.8 Å². The van der Waals surface area contributed by atoms with Gasteiger partial charge in [-0.3, -0.25) is 9.59 Å². The van der Waals surface area contributed by atoms with E-state index in [0.29, 0.717) is 42.4 Å². The van der Waals surface area contributed by atoms with Gasteiger partial charge in [0.1, 0.15) is 23.5 Å². The Labute approximate surface area is 306 Å². The molecule has 7 rings (SSSR count). The second kappa shape index (κ2) is 13.0. The van der Waals surface area contributed by atoms with Crippen LogP contribution in [0.2, 0.25) is 10.0 Å². The van der Waals surface area contributed by atoms with Gasteiger partial charge in [-0.1, -0.05) is 29.3 Å². The van der Waals surface area contributed by atoms with Gasteiger partial charge >= 0.3 is 0 Å². The van der Waals surface area contributed by atoms with Crippen LogP contribution in [0.25, 0.3) is 32.9 Å². The molecule has 0 aliphatic carbocycles. The van der Waals surface area contributed by atoms with Crippen molar-refractivity contribution < 1.29 is 14.3 Å². The van der Waals surface area contributed by atoms with Gasteiger partial charge in [-0.05, 0) is 113 Å². The molecule has 0 saturated carbocycles. The summed E-state index contributed by atoms with van der Waals surface area (Å²) in [5.74, 6) is 0.112. The summed E-state index contributed by atoms with van der Waals surface area (Å²) >= 11 is 13.5. The fraction of sp³-hybridized carbons (Fsp3) is 0.300. The molecule has 0 saturated heterocycles. The van der Waals surface area contributed by atoms with E-state index in [-0.39, 0.29) is 11.9 Å². The average molecular weight is 724 g/mol. The first-order valence-electron chi connectivity index (χ1n) is 17.0. The van der Waals surface area contributed by atoms with Crippen LogP contribution in [0, 0.1) is 34.6 Å². The van der Waals surface area contributed by atoms with Gasteiger partial charge in [0, 0.05) is 57.9 Å². The zero-order valence-electron chi connectivity index (χ0n) is 29.8. The molecule has 1 atom stereocenters. The molecule has 0 radical (unpaired) electrons. The van der Waals surface area contributed by atoms with Gasteiger partial charge in [-0.25, -0.2) is 9.97 Å². The maximum atomic E-state index is 15.1. The number of carbonyl (C=O) groups excluding carboxylic acids is 2. The zero-order chi connectivity index (χ0) is 36.5. The van der Waals surface area contributed by atoms with Gasteiger partial charge < -0.3 is 24.5 Å². The third kappa shape index (κ3) is 5.72. The summed E-state index contributed by atoms with van der Waals surface area (Å²) in [6.07, 6.45) is 2.80. The summed E-state index contributed by atoms with van der Waals surface area (Å²) in [4.78, 5) is 38.3. The van der Waals surface area contributed by atoms with Crippen molar-refractivity contribution in [3.63, 3.8) is 0 Å². The van der Waals surface area contributed by atoms with Crippen LogP contribution in [-0.4, -0.2) is 44.1 Å². The molecule has 6 aromatic rings. The molecule has 4 heterocycles. The smallest absolute Gasteiger partial charge is 0.275 e. The molecule has 1 aliphatic heterocycles. The lowest BCUT2D eigenvalue weighted by atomic mass is 9.97. The van der Waals surface area contributed by atoms with E-state index < -0.39 is 5.91 Å². The Balaban J connectivity index is 1.40. The highest BCUT2D eigenvalue weighted by Crippen LogP contribution is 2.45. The van der Waals surface area contributed by atoms with E-state index in [1.54, 1.807) is 17.0 Å². The van der Waals surface area contributed by atoms with E-state index in [4.69, 9.17) is 33.7 Å². The molecule has 1 aliphatic rings. The van der Waals surface area contributed by atoms with E-state index in [2.05, 4.69) is 21.5 Å². The zero-order valence-corrected chi connectivity index (χ0v) is 31.3. The van der Waals surface area contributed by atoms with Gasteiger partial charge in [0.2, 0.25) is 0 Å². The lowest BCUT2D eigenvalue weighted by molar-refractivity contribution is 0.0956. The van der Waals surface area contributed by atoms with Crippen molar-refractivity contribution in [1.29, 1.82) is 0 Å². The van der Waals surface area contributed by atoms with Crippen LogP contribution < -0.4 is 15.4 Å². The highest BCUT2D eigenvalue weighted by molar-refractivity contribution is 6.35. The minimum atomic E-state index is -0.524. The number of rotatable bonds is 8. The first kappa shape index (κ1) is 34.6. The van der Waals surface area contributed by atoms with Crippen LogP contribution in [-0.2, 0) is 13.5 Å². The van der Waals surface area contributed by atoms with E-state index in [1.165, 1.54) is 0 Å². The van der Waals surface area contributed by atoms with Crippen LogP contribution in [0.15, 0.2) is 48.8 Å². The van der Waals surface area contributed by atoms with Crippen LogP contribution in [0.1, 0.15) is 74.0 Å². The maximum Gasteiger partial charge on any atom is 0.275 e. The fourth-order valence-corrected chi connectivity index (χ4v) is 8.18. The van der Waals surface area contributed by atoms with Crippen LogP contribution >= 0.6 is 23.2 Å². The fourth-order valence-electron chi connectivity index (χ4n) is 7.83. The summed E-state index contributed by atoms with van der Waals surface area (Å²) in [5, 5.41) is 3.11. The van der Waals surface area contributed by atoms with Crippen molar-refractivity contribution in [3.05, 3.63) is 104 Å². The molecular formula is C40H40Cl2N6O3. The summed E-state index contributed by atoms with van der Waals surface area (Å²) < 4.78 is 10.2. The number of benzene rings is 3. The molecule has 1 unspecified atom stereocenters. The van der Waals surface area contributed by atoms with Crippen molar-refractivity contribution in [1.82, 2.24) is 19.1 Å². The van der Waals surface area contributed by atoms with Gasteiger partial charge in [0.25, 0.3) is 11.8 Å². The third-order valence-electron chi connectivity index (χ3n) is 10.1. The molecule has 2 amide bonds. The number of aryl methyl sites for hydroxylation is 7. The number of amides is 2. The first-order chi connectivity index (χ1) is 24.3. The Morgan fingerprint density at radius 2 is 1.65 bits per heavy atom. The van der Waals surface area contributed by atoms with Crippen molar-refractivity contribution >= 4 is 62.5 Å². The second-order valence-corrected chi connectivity index (χ2v) is 14.5. The number of halogens is 2. The van der Waals surface area contributed by atoms with Crippen molar-refractivity contribution in [3.8, 4) is 16.9 Å². The molecular weight excluding hydrogens is 683 g/mol. The number of fused-ring (bicyclic) bond motifs is 4. The Morgan fingerprint density at radius 3 is 2.31 bits per heavy atom. The quantitative estimate of drug-likeness (QED) is 0.158. The minimum absolute atomic E-state index is 0.127. The van der Waals surface area contributed by atoms with Crippen LogP contribution in [0.4, 0.5) is 5.69 Å². The molecule has 0 spiro atoms. The molecule has 0 bridgehead atoms. The molecule has 51 heavy (non-hydrogen) atoms. The molecule has 3 aromatic carbocycles. The lowest BCUT2D eigenvalue weighted by Gasteiger charge is -2.35. The second-order valence-electron chi connectivity index (χ2n) is 13.7. The van der Waals surface area contributed by atoms with Gasteiger partial charge in [0.05, 0.1) is 28.4 Å². The number of ether oxygens (including phenoxy) is 1. The number of hydrogen-bond donors (Lipinski definition) is 1. The molecule has 3 aromatic heterocycles. The number of hydrogen-bond acceptors (Lipinski definition) is 5. The predicted octanol–water partition coefficient (Wildman–Crippen LogP) is 8.77. The van der Waals surface area contributed by atoms with Gasteiger partial charge in [0.15, 0.2) is 0 Å². The third-order valence-corrected chi connectivity index (χ3v) is 11.0. The minimum Gasteiger partial charge on any atom is -0.494 e. The maximum absolute atomic E-state index is 15.1. The van der Waals surface area contributed by atoms with Gasteiger partial charge in [-0.15, -0.1) is 0 Å². The number of aromatic nitrogens is 4. The van der Waals surface area contributed by atoms with Crippen LogP contribution in [0.5, 0.6) is 5.75 Å². The topological polar surface area (TPSA) is 108 Å². The summed E-state index contributed by atoms with van der Waals surface area (Å²) in [6.45, 7) is 12.8. The molecule has 262 valence electrons. The number of carbonyl (C=O) groups is 2. The SMILES string of the molecule is Cc1cc(N2CC(C)n3c(c(CCCOc4cc(C)c(Cl)c(C)c4)c4ccc(Cl)c(-c5c(C)ncnc5C)c43)C2=O)c2c(c1)cc(C(N)=O)n2C. The van der Waals surface area contributed by atoms with Gasteiger partial charge in [-0.2, -0.15) is 0 Å². The van der Waals surface area contributed by atoms with E-state index in [1.807, 2.05) is 83.0 Å². The molecule has 0 fully saturated rings. The first-order valence-corrected chi connectivity index (χ1v) is 17.8. The van der Waals surface area contributed by atoms with E-state index in [0.717, 1.165) is 83.0 Å². The normalized spacial score (nSPS) is 14.5. The average Bonchev–Trinajstić information content (AvgIpc) is 3.59. The Kier molecular flexibility index (Phi) is 8.84. The van der Waals surface area contributed by atoms with E-state index in [9.17, 15) is 4.79 Å². The van der Waals surface area contributed by atoms with Crippen LogP contribution in [0.3, 0.4) is 0 Å². The summed E-state index contributed by atoms with van der Waals surface area (Å²) in [5.41, 5.74) is 16.3. The summed E-state index contributed by atoms with van der Waals surface area (Å²) in [6, 6.07) is 13.5. The number of nitrogens with two attached hydrogens (primary N) is 1.